The molecule has 0 aromatic heterocycles. The van der Waals surface area contributed by atoms with Crippen molar-refractivity contribution in [3.63, 3.8) is 0 Å². The standard InChI is InChI=1S/C69H134O17P2/c1-9-62(8)48-40-32-26-28-34-42-50-67(72)80-56-64(85-68(73)51-43-35-24-20-22-30-38-46-60(4)5)57-83-87(75,76)81-53-63(70)54-82-88(77,78)84-58-65(86-69(74)52-44-36-27-25-31-39-47-61(6)7)55-79-66(71)49-41-33-23-19-17-15-13-11-10-12-14-16-18-21-29-37-45-59(2)3/h59-65,70H,9-58H2,1-8H3,(H,75,76)(H,77,78)/t62?,63-,64+,65+/m0/s1. The molecule has 88 heavy (non-hydrogen) atoms. The van der Waals surface area contributed by atoms with Crippen molar-refractivity contribution in [2.45, 2.75) is 356 Å². The number of aliphatic hydroxyl groups excluding tert-OH is 1. The van der Waals surface area contributed by atoms with Gasteiger partial charge in [0.05, 0.1) is 26.4 Å². The molecule has 3 N–H and O–H groups in total. The zero-order valence-corrected chi connectivity index (χ0v) is 59.1. The maximum Gasteiger partial charge on any atom is 0.472 e. The minimum atomic E-state index is -4.95. The number of phosphoric acid groups is 2. The van der Waals surface area contributed by atoms with Crippen molar-refractivity contribution in [1.82, 2.24) is 0 Å². The molecule has 0 heterocycles. The fourth-order valence-corrected chi connectivity index (χ4v) is 11.9. The van der Waals surface area contributed by atoms with E-state index in [1.54, 1.807) is 0 Å². The van der Waals surface area contributed by atoms with Gasteiger partial charge in [-0.25, -0.2) is 9.13 Å². The van der Waals surface area contributed by atoms with Crippen LogP contribution in [0.3, 0.4) is 0 Å². The van der Waals surface area contributed by atoms with Gasteiger partial charge in [-0.3, -0.25) is 37.3 Å². The van der Waals surface area contributed by atoms with Gasteiger partial charge in [0.15, 0.2) is 12.2 Å². The highest BCUT2D eigenvalue weighted by atomic mass is 31.2. The fraction of sp³-hybridized carbons (Fsp3) is 0.942. The van der Waals surface area contributed by atoms with E-state index in [4.69, 9.17) is 37.0 Å². The Morgan fingerprint density at radius 2 is 0.545 bits per heavy atom. The first-order chi connectivity index (χ1) is 42.1. The summed E-state index contributed by atoms with van der Waals surface area (Å²) in [5.74, 6) is 0.770. The summed E-state index contributed by atoms with van der Waals surface area (Å²) in [6, 6.07) is 0. The molecule has 19 heteroatoms. The van der Waals surface area contributed by atoms with E-state index < -0.39 is 97.5 Å². The number of esters is 4. The van der Waals surface area contributed by atoms with E-state index in [2.05, 4.69) is 55.4 Å². The zero-order valence-electron chi connectivity index (χ0n) is 57.3. The average molecular weight is 1300 g/mol. The molecule has 0 aliphatic heterocycles. The molecule has 0 saturated carbocycles. The highest BCUT2D eigenvalue weighted by Gasteiger charge is 2.30. The monoisotopic (exact) mass is 1300 g/mol. The predicted molar refractivity (Wildman–Crippen MR) is 354 cm³/mol. The Bertz CT molecular complexity index is 1750. The van der Waals surface area contributed by atoms with Gasteiger partial charge in [0, 0.05) is 25.7 Å². The van der Waals surface area contributed by atoms with Gasteiger partial charge in [-0.15, -0.1) is 0 Å². The van der Waals surface area contributed by atoms with Gasteiger partial charge in [-0.1, -0.05) is 287 Å². The Morgan fingerprint density at radius 1 is 0.318 bits per heavy atom. The van der Waals surface area contributed by atoms with E-state index in [-0.39, 0.29) is 25.7 Å². The second-order valence-corrected chi connectivity index (χ2v) is 29.5. The SMILES string of the molecule is CCC(C)CCCCCCCCC(=O)OC[C@H](COP(=O)(O)OC[C@H](O)COP(=O)(O)OC[C@@H](COC(=O)CCCCCCCCCCCCCCCCCCC(C)C)OC(=O)CCCCCCCCC(C)C)OC(=O)CCCCCCCCCC(C)C. The van der Waals surface area contributed by atoms with Gasteiger partial charge < -0.3 is 33.8 Å². The highest BCUT2D eigenvalue weighted by molar-refractivity contribution is 7.47. The van der Waals surface area contributed by atoms with Crippen LogP contribution in [0.1, 0.15) is 338 Å². The molecule has 3 unspecified atom stereocenters. The molecule has 6 atom stereocenters. The number of carbonyl (C=O) groups is 4. The van der Waals surface area contributed by atoms with E-state index in [1.165, 1.54) is 135 Å². The molecule has 0 saturated heterocycles. The van der Waals surface area contributed by atoms with Crippen LogP contribution in [0.5, 0.6) is 0 Å². The van der Waals surface area contributed by atoms with Crippen molar-refractivity contribution < 1.29 is 80.2 Å². The van der Waals surface area contributed by atoms with Crippen molar-refractivity contribution in [3.05, 3.63) is 0 Å². The second-order valence-electron chi connectivity index (χ2n) is 26.6. The van der Waals surface area contributed by atoms with Crippen molar-refractivity contribution in [1.29, 1.82) is 0 Å². The number of hydrogen-bond acceptors (Lipinski definition) is 15. The lowest BCUT2D eigenvalue weighted by atomic mass is 10.00. The minimum absolute atomic E-state index is 0.102. The number of unbranched alkanes of at least 4 members (excludes halogenated alkanes) is 31. The Labute approximate surface area is 537 Å². The summed E-state index contributed by atoms with van der Waals surface area (Å²) in [5.41, 5.74) is 0. The summed E-state index contributed by atoms with van der Waals surface area (Å²) in [7, 11) is -9.90. The van der Waals surface area contributed by atoms with Gasteiger partial charge in [0.25, 0.3) is 0 Å². The zero-order chi connectivity index (χ0) is 65.4. The summed E-state index contributed by atoms with van der Waals surface area (Å²) in [6.45, 7) is 14.0. The molecule has 0 amide bonds. The quantitative estimate of drug-likeness (QED) is 0.0222. The molecular formula is C69H134O17P2. The number of ether oxygens (including phenoxy) is 4. The molecule has 0 fully saturated rings. The lowest BCUT2D eigenvalue weighted by Gasteiger charge is -2.21. The number of phosphoric ester groups is 2. The highest BCUT2D eigenvalue weighted by Crippen LogP contribution is 2.45. The van der Waals surface area contributed by atoms with Crippen LogP contribution in [-0.4, -0.2) is 96.7 Å². The first kappa shape index (κ1) is 86.1. The summed E-state index contributed by atoms with van der Waals surface area (Å²) < 4.78 is 68.1. The third-order valence-electron chi connectivity index (χ3n) is 16.2. The fourth-order valence-electron chi connectivity index (χ4n) is 10.3. The van der Waals surface area contributed by atoms with Crippen molar-refractivity contribution in [2.24, 2.45) is 23.7 Å². The first-order valence-electron chi connectivity index (χ1n) is 35.7. The van der Waals surface area contributed by atoms with Gasteiger partial charge in [0.1, 0.15) is 19.3 Å². The topological polar surface area (TPSA) is 237 Å². The Balaban J connectivity index is 5.14. The lowest BCUT2D eigenvalue weighted by molar-refractivity contribution is -0.161. The number of rotatable bonds is 66. The third-order valence-corrected chi connectivity index (χ3v) is 18.1. The second kappa shape index (κ2) is 58.8. The van der Waals surface area contributed by atoms with Crippen LogP contribution in [0, 0.1) is 23.7 Å². The molecule has 0 bridgehead atoms. The van der Waals surface area contributed by atoms with E-state index >= 15 is 0 Å². The number of aliphatic hydroxyl groups is 1. The predicted octanol–water partition coefficient (Wildman–Crippen LogP) is 19.3. The van der Waals surface area contributed by atoms with Crippen LogP contribution in [0.25, 0.3) is 0 Å². The van der Waals surface area contributed by atoms with Crippen molar-refractivity contribution in [3.8, 4) is 0 Å². The summed E-state index contributed by atoms with van der Waals surface area (Å²) in [5, 5.41) is 10.6. The van der Waals surface area contributed by atoms with E-state index in [0.29, 0.717) is 37.5 Å². The molecule has 0 aliphatic rings. The van der Waals surface area contributed by atoms with Gasteiger partial charge >= 0.3 is 39.5 Å². The van der Waals surface area contributed by atoms with Crippen LogP contribution in [-0.2, 0) is 65.4 Å². The maximum absolute atomic E-state index is 13.0. The Hall–Kier alpha value is -1.94. The molecule has 0 radical (unpaired) electrons. The summed E-state index contributed by atoms with van der Waals surface area (Å²) >= 11 is 0. The molecule has 0 rings (SSSR count). The number of carbonyl (C=O) groups excluding carboxylic acids is 4. The molecule has 0 aromatic rings. The van der Waals surface area contributed by atoms with Crippen LogP contribution in [0.4, 0.5) is 0 Å². The molecule has 0 spiro atoms. The molecule has 0 aliphatic carbocycles. The van der Waals surface area contributed by atoms with Crippen molar-refractivity contribution in [2.75, 3.05) is 39.6 Å². The van der Waals surface area contributed by atoms with E-state index in [1.807, 2.05) is 0 Å². The average Bonchev–Trinajstić information content (AvgIpc) is 3.37. The minimum Gasteiger partial charge on any atom is -0.462 e. The lowest BCUT2D eigenvalue weighted by Crippen LogP contribution is -2.30. The van der Waals surface area contributed by atoms with Crippen LogP contribution >= 0.6 is 15.6 Å². The van der Waals surface area contributed by atoms with Gasteiger partial charge in [-0.05, 0) is 49.4 Å². The van der Waals surface area contributed by atoms with Crippen molar-refractivity contribution >= 4 is 39.5 Å². The van der Waals surface area contributed by atoms with Gasteiger partial charge in [-0.2, -0.15) is 0 Å². The Morgan fingerprint density at radius 3 is 0.807 bits per heavy atom. The normalized spacial score (nSPS) is 14.6. The van der Waals surface area contributed by atoms with Crippen LogP contribution in [0.2, 0.25) is 0 Å². The first-order valence-corrected chi connectivity index (χ1v) is 38.7. The Kier molecular flexibility index (Phi) is 57.6. The third kappa shape index (κ3) is 61.6. The summed E-state index contributed by atoms with van der Waals surface area (Å²) in [6.07, 6.45) is 40.8. The molecule has 17 nitrogen and oxygen atoms in total. The molecule has 0 aromatic carbocycles. The molecule has 522 valence electrons. The smallest absolute Gasteiger partial charge is 0.462 e. The molecular weight excluding hydrogens is 1160 g/mol. The van der Waals surface area contributed by atoms with E-state index in [9.17, 15) is 43.2 Å². The number of hydrogen-bond donors (Lipinski definition) is 3. The van der Waals surface area contributed by atoms with Gasteiger partial charge in [0.2, 0.25) is 0 Å². The van der Waals surface area contributed by atoms with E-state index in [0.717, 1.165) is 108 Å². The largest absolute Gasteiger partial charge is 0.472 e. The van der Waals surface area contributed by atoms with Crippen LogP contribution in [0.15, 0.2) is 0 Å². The summed E-state index contributed by atoms with van der Waals surface area (Å²) in [4.78, 5) is 72.4. The maximum atomic E-state index is 13.0. The van der Waals surface area contributed by atoms with Crippen LogP contribution < -0.4 is 0 Å².